The van der Waals surface area contributed by atoms with Crippen LogP contribution in [0.2, 0.25) is 5.02 Å². The number of nitrogens with zero attached hydrogens (tertiary/aromatic N) is 4. The number of benzene rings is 1. The quantitative estimate of drug-likeness (QED) is 0.242. The zero-order valence-corrected chi connectivity index (χ0v) is 25.0. The Bertz CT molecular complexity index is 1490. The molecule has 2 aliphatic heterocycles. The number of hydrogen-bond acceptors (Lipinski definition) is 4. The largest absolute Gasteiger partial charge is 0.467 e. The minimum absolute atomic E-state index is 0.101. The molecule has 4 unspecified atom stereocenters. The van der Waals surface area contributed by atoms with Gasteiger partial charge in [0.2, 0.25) is 0 Å². The molecule has 5 heterocycles. The summed E-state index contributed by atoms with van der Waals surface area (Å²) in [4.78, 5) is 9.37. The van der Waals surface area contributed by atoms with Crippen molar-refractivity contribution in [1.82, 2.24) is 14.9 Å². The summed E-state index contributed by atoms with van der Waals surface area (Å²) in [6.45, 7) is 11.7. The number of piperidine rings is 1. The van der Waals surface area contributed by atoms with E-state index in [0.717, 1.165) is 40.9 Å². The second-order valence-corrected chi connectivity index (χ2v) is 12.3. The zero-order chi connectivity index (χ0) is 28.0. The van der Waals surface area contributed by atoms with Gasteiger partial charge in [-0.25, -0.2) is 0 Å². The van der Waals surface area contributed by atoms with Crippen LogP contribution in [0.3, 0.4) is 0 Å². The molecule has 1 N–H and O–H groups in total. The fraction of sp³-hybridized carbons (Fsp3) is 0.375. The lowest BCUT2D eigenvalue weighted by Crippen LogP contribution is -2.38. The molecule has 4 aromatic rings. The Morgan fingerprint density at radius 3 is 2.52 bits per heavy atom. The standard InChI is InChI=1S/C32H36ClN5OS/c1-20-14-21(2)18-36(17-20)29-11-10-24(16-27(29)33)38-31(30(35-32(38)40)28-9-5-6-12-34-28)26-15-22(3)37(23(26)4)19-25-8-7-13-39-25/h5-13,15-16,20-21,30-31H,14,17-19H2,1-4H3,(H,35,40). The van der Waals surface area contributed by atoms with Gasteiger partial charge in [0.25, 0.3) is 0 Å². The highest BCUT2D eigenvalue weighted by molar-refractivity contribution is 7.80. The number of halogens is 1. The van der Waals surface area contributed by atoms with Gasteiger partial charge in [0, 0.05) is 36.4 Å². The molecule has 2 fully saturated rings. The van der Waals surface area contributed by atoms with E-state index in [4.69, 9.17) is 33.2 Å². The predicted octanol–water partition coefficient (Wildman–Crippen LogP) is 7.45. The van der Waals surface area contributed by atoms with Crippen LogP contribution in [0.5, 0.6) is 0 Å². The van der Waals surface area contributed by atoms with Crippen LogP contribution in [0.4, 0.5) is 11.4 Å². The van der Waals surface area contributed by atoms with Gasteiger partial charge in [-0.1, -0.05) is 31.5 Å². The molecule has 3 aromatic heterocycles. The van der Waals surface area contributed by atoms with Crippen LogP contribution in [0.1, 0.15) is 60.8 Å². The molecule has 8 heteroatoms. The van der Waals surface area contributed by atoms with E-state index in [1.807, 2.05) is 30.5 Å². The molecule has 2 aliphatic rings. The van der Waals surface area contributed by atoms with Crippen molar-refractivity contribution in [2.45, 2.75) is 52.7 Å². The highest BCUT2D eigenvalue weighted by atomic mass is 35.5. The molecular formula is C32H36ClN5OS. The van der Waals surface area contributed by atoms with E-state index in [0.29, 0.717) is 23.5 Å². The first-order valence-electron chi connectivity index (χ1n) is 14.0. The molecule has 1 aromatic carbocycles. The normalized spacial score (nSPS) is 23.1. The summed E-state index contributed by atoms with van der Waals surface area (Å²) >= 11 is 13.0. The minimum Gasteiger partial charge on any atom is -0.467 e. The number of aromatic nitrogens is 2. The Balaban J connectivity index is 1.41. The number of furan rings is 1. The summed E-state index contributed by atoms with van der Waals surface area (Å²) in [5.41, 5.74) is 6.57. The van der Waals surface area contributed by atoms with Gasteiger partial charge >= 0.3 is 0 Å². The highest BCUT2D eigenvalue weighted by Gasteiger charge is 2.42. The Labute approximate surface area is 246 Å². The van der Waals surface area contributed by atoms with E-state index >= 15 is 0 Å². The number of anilines is 2. The van der Waals surface area contributed by atoms with Gasteiger partial charge < -0.3 is 24.1 Å². The molecule has 6 rings (SSSR count). The Morgan fingerprint density at radius 1 is 1.05 bits per heavy atom. The van der Waals surface area contributed by atoms with Crippen LogP contribution in [-0.2, 0) is 6.54 Å². The zero-order valence-electron chi connectivity index (χ0n) is 23.5. The first-order valence-corrected chi connectivity index (χ1v) is 14.8. The number of nitrogens with one attached hydrogen (secondary N) is 1. The molecule has 4 atom stereocenters. The third-order valence-electron chi connectivity index (χ3n) is 8.34. The van der Waals surface area contributed by atoms with Crippen molar-refractivity contribution in [3.05, 3.63) is 100 Å². The molecule has 40 heavy (non-hydrogen) atoms. The SMILES string of the molecule is Cc1cc(C2C(c3ccccn3)NC(=S)N2c2ccc(N3CC(C)CC(C)C3)c(Cl)c2)c(C)n1Cc1ccco1. The summed E-state index contributed by atoms with van der Waals surface area (Å²) in [7, 11) is 0. The van der Waals surface area contributed by atoms with E-state index in [-0.39, 0.29) is 12.1 Å². The molecule has 0 aliphatic carbocycles. The van der Waals surface area contributed by atoms with E-state index < -0.39 is 0 Å². The first-order chi connectivity index (χ1) is 19.3. The van der Waals surface area contributed by atoms with Crippen LogP contribution in [-0.4, -0.2) is 27.8 Å². The van der Waals surface area contributed by atoms with Crippen molar-refractivity contribution in [3.63, 3.8) is 0 Å². The summed E-state index contributed by atoms with van der Waals surface area (Å²) in [5, 5.41) is 5.01. The Kier molecular flexibility index (Phi) is 7.36. The Hall–Kier alpha value is -3.29. The third kappa shape index (κ3) is 5.01. The summed E-state index contributed by atoms with van der Waals surface area (Å²) in [6.07, 6.45) is 4.82. The van der Waals surface area contributed by atoms with Gasteiger partial charge in [-0.05, 0) is 98.4 Å². The highest BCUT2D eigenvalue weighted by Crippen LogP contribution is 2.45. The number of aryl methyl sites for hydroxylation is 1. The number of rotatable bonds is 6. The van der Waals surface area contributed by atoms with Gasteiger partial charge in [-0.2, -0.15) is 0 Å². The van der Waals surface area contributed by atoms with Crippen molar-refractivity contribution >= 4 is 40.3 Å². The van der Waals surface area contributed by atoms with Crippen molar-refractivity contribution in [2.75, 3.05) is 22.9 Å². The van der Waals surface area contributed by atoms with Crippen molar-refractivity contribution in [3.8, 4) is 0 Å². The smallest absolute Gasteiger partial charge is 0.174 e. The van der Waals surface area contributed by atoms with Crippen molar-refractivity contribution in [2.24, 2.45) is 11.8 Å². The number of pyridine rings is 1. The van der Waals surface area contributed by atoms with Gasteiger partial charge in [-0.3, -0.25) is 4.98 Å². The molecule has 0 amide bonds. The van der Waals surface area contributed by atoms with Crippen LogP contribution in [0.25, 0.3) is 0 Å². The topological polar surface area (TPSA) is 49.5 Å². The molecular weight excluding hydrogens is 538 g/mol. The first kappa shape index (κ1) is 26.9. The van der Waals surface area contributed by atoms with Gasteiger partial charge in [0.1, 0.15) is 5.76 Å². The van der Waals surface area contributed by atoms with Crippen LogP contribution < -0.4 is 15.1 Å². The molecule has 0 saturated carbocycles. The molecule has 0 bridgehead atoms. The van der Waals surface area contributed by atoms with E-state index in [1.54, 1.807) is 6.26 Å². The molecule has 208 valence electrons. The van der Waals surface area contributed by atoms with Crippen LogP contribution in [0, 0.1) is 25.7 Å². The summed E-state index contributed by atoms with van der Waals surface area (Å²) in [6, 6.07) is 18.4. The van der Waals surface area contributed by atoms with Crippen LogP contribution in [0.15, 0.2) is 71.5 Å². The van der Waals surface area contributed by atoms with Crippen molar-refractivity contribution in [1.29, 1.82) is 0 Å². The van der Waals surface area contributed by atoms with Gasteiger partial charge in [-0.15, -0.1) is 0 Å². The lowest BCUT2D eigenvalue weighted by molar-refractivity contribution is 0.357. The Morgan fingerprint density at radius 2 is 1.85 bits per heavy atom. The second-order valence-electron chi connectivity index (χ2n) is 11.5. The number of thiocarbonyl (C=S) groups is 1. The van der Waals surface area contributed by atoms with Crippen LogP contribution >= 0.6 is 23.8 Å². The average Bonchev–Trinajstić information content (AvgIpc) is 3.63. The maximum atomic E-state index is 7.01. The lowest BCUT2D eigenvalue weighted by Gasteiger charge is -2.37. The van der Waals surface area contributed by atoms with Gasteiger partial charge in [0.05, 0.1) is 41.3 Å². The molecule has 6 nitrogen and oxygen atoms in total. The fourth-order valence-electron chi connectivity index (χ4n) is 6.64. The molecule has 0 spiro atoms. The van der Waals surface area contributed by atoms with E-state index in [1.165, 1.54) is 23.4 Å². The predicted molar refractivity (Wildman–Crippen MR) is 166 cm³/mol. The third-order valence-corrected chi connectivity index (χ3v) is 8.96. The second kappa shape index (κ2) is 10.9. The van der Waals surface area contributed by atoms with E-state index in [9.17, 15) is 0 Å². The monoisotopic (exact) mass is 573 g/mol. The fourth-order valence-corrected chi connectivity index (χ4v) is 7.28. The summed E-state index contributed by atoms with van der Waals surface area (Å²) < 4.78 is 7.98. The summed E-state index contributed by atoms with van der Waals surface area (Å²) in [5.74, 6) is 2.22. The maximum Gasteiger partial charge on any atom is 0.174 e. The molecule has 2 saturated heterocycles. The minimum atomic E-state index is -0.117. The molecule has 0 radical (unpaired) electrons. The van der Waals surface area contributed by atoms with Crippen molar-refractivity contribution < 1.29 is 4.42 Å². The number of hydrogen-bond donors (Lipinski definition) is 1. The van der Waals surface area contributed by atoms with E-state index in [2.05, 4.69) is 77.7 Å². The maximum absolute atomic E-state index is 7.01. The average molecular weight is 574 g/mol. The lowest BCUT2D eigenvalue weighted by atomic mass is 9.91. The van der Waals surface area contributed by atoms with Gasteiger partial charge in [0.15, 0.2) is 5.11 Å².